The topological polar surface area (TPSA) is 87.3 Å². The molecule has 1 aromatic heterocycles. The van der Waals surface area contributed by atoms with E-state index in [-0.39, 0.29) is 17.8 Å². The van der Waals surface area contributed by atoms with Gasteiger partial charge in [0, 0.05) is 18.3 Å². The zero-order valence-electron chi connectivity index (χ0n) is 12.1. The number of esters is 1. The SMILES string of the molecule is O=C(O[C@@H]1CCC[C@@H]1n1cc(Br)cn1)c1ccc([N+](=O)[O-])cc1. The molecule has 3 rings (SSSR count). The highest BCUT2D eigenvalue weighted by atomic mass is 79.9. The maximum absolute atomic E-state index is 12.2. The summed E-state index contributed by atoms with van der Waals surface area (Å²) in [4.78, 5) is 22.4. The molecule has 0 unspecified atom stereocenters. The summed E-state index contributed by atoms with van der Waals surface area (Å²) in [5, 5.41) is 14.9. The van der Waals surface area contributed by atoms with Gasteiger partial charge >= 0.3 is 5.97 Å². The van der Waals surface area contributed by atoms with Gasteiger partial charge in [0.25, 0.3) is 5.69 Å². The van der Waals surface area contributed by atoms with Crippen molar-refractivity contribution >= 4 is 27.6 Å². The highest BCUT2D eigenvalue weighted by Crippen LogP contribution is 2.33. The Morgan fingerprint density at radius 2 is 2.09 bits per heavy atom. The number of nitrogens with zero attached hydrogens (tertiary/aromatic N) is 3. The molecule has 0 amide bonds. The molecule has 23 heavy (non-hydrogen) atoms. The molecule has 0 N–H and O–H groups in total. The lowest BCUT2D eigenvalue weighted by molar-refractivity contribution is -0.384. The van der Waals surface area contributed by atoms with E-state index in [4.69, 9.17) is 4.74 Å². The predicted molar refractivity (Wildman–Crippen MR) is 85.1 cm³/mol. The highest BCUT2D eigenvalue weighted by molar-refractivity contribution is 9.10. The average molecular weight is 380 g/mol. The first-order valence-corrected chi connectivity index (χ1v) is 7.99. The molecule has 2 aromatic rings. The van der Waals surface area contributed by atoms with E-state index in [1.54, 1.807) is 6.20 Å². The van der Waals surface area contributed by atoms with E-state index >= 15 is 0 Å². The van der Waals surface area contributed by atoms with Crippen molar-refractivity contribution in [2.75, 3.05) is 0 Å². The van der Waals surface area contributed by atoms with Crippen LogP contribution in [0.4, 0.5) is 5.69 Å². The Balaban J connectivity index is 1.70. The third-order valence-corrected chi connectivity index (χ3v) is 4.31. The molecule has 0 saturated heterocycles. The maximum atomic E-state index is 12.2. The van der Waals surface area contributed by atoms with Crippen LogP contribution in [0.1, 0.15) is 35.7 Å². The van der Waals surface area contributed by atoms with Crippen LogP contribution in [0.2, 0.25) is 0 Å². The second-order valence-electron chi connectivity index (χ2n) is 5.38. The number of benzene rings is 1. The van der Waals surface area contributed by atoms with Crippen LogP contribution in [0.5, 0.6) is 0 Å². The number of non-ortho nitro benzene ring substituents is 1. The van der Waals surface area contributed by atoms with Crippen LogP contribution < -0.4 is 0 Å². The molecule has 7 nitrogen and oxygen atoms in total. The predicted octanol–water partition coefficient (Wildman–Crippen LogP) is 3.50. The Kier molecular flexibility index (Phi) is 4.42. The molecule has 0 bridgehead atoms. The Labute approximate surface area is 140 Å². The van der Waals surface area contributed by atoms with E-state index < -0.39 is 10.9 Å². The van der Waals surface area contributed by atoms with Crippen LogP contribution >= 0.6 is 15.9 Å². The standard InChI is InChI=1S/C15H14BrN3O4/c16-11-8-17-18(9-11)13-2-1-3-14(13)23-15(20)10-4-6-12(7-5-10)19(21)22/h4-9,13-14H,1-3H2/t13-,14+/m0/s1. The molecule has 1 aliphatic carbocycles. The molecule has 0 radical (unpaired) electrons. The molecule has 2 atom stereocenters. The van der Waals surface area contributed by atoms with Gasteiger partial charge in [-0.15, -0.1) is 0 Å². The molecule has 120 valence electrons. The number of hydrogen-bond acceptors (Lipinski definition) is 5. The lowest BCUT2D eigenvalue weighted by atomic mass is 10.2. The van der Waals surface area contributed by atoms with E-state index in [1.807, 2.05) is 10.9 Å². The molecule has 8 heteroatoms. The van der Waals surface area contributed by atoms with Gasteiger partial charge in [0.15, 0.2) is 0 Å². The quantitative estimate of drug-likeness (QED) is 0.460. The van der Waals surface area contributed by atoms with Gasteiger partial charge in [-0.1, -0.05) is 0 Å². The molecular weight excluding hydrogens is 366 g/mol. The first-order chi connectivity index (χ1) is 11.0. The summed E-state index contributed by atoms with van der Waals surface area (Å²) >= 11 is 3.36. The summed E-state index contributed by atoms with van der Waals surface area (Å²) in [5.74, 6) is -0.469. The van der Waals surface area contributed by atoms with Crippen molar-refractivity contribution in [1.82, 2.24) is 9.78 Å². The molecule has 1 fully saturated rings. The Hall–Kier alpha value is -2.22. The van der Waals surface area contributed by atoms with E-state index in [9.17, 15) is 14.9 Å². The Morgan fingerprint density at radius 1 is 1.35 bits per heavy atom. The molecule has 1 heterocycles. The smallest absolute Gasteiger partial charge is 0.338 e. The molecule has 1 aromatic carbocycles. The molecule has 0 spiro atoms. The van der Waals surface area contributed by atoms with Crippen molar-refractivity contribution in [2.24, 2.45) is 0 Å². The average Bonchev–Trinajstić information content (AvgIpc) is 3.16. The van der Waals surface area contributed by atoms with Gasteiger partial charge in [0.1, 0.15) is 6.10 Å². The largest absolute Gasteiger partial charge is 0.457 e. The first-order valence-electron chi connectivity index (χ1n) is 7.19. The monoisotopic (exact) mass is 379 g/mol. The van der Waals surface area contributed by atoms with Gasteiger partial charge in [-0.05, 0) is 47.3 Å². The Morgan fingerprint density at radius 3 is 2.70 bits per heavy atom. The van der Waals surface area contributed by atoms with Gasteiger partial charge in [-0.25, -0.2) is 4.79 Å². The number of rotatable bonds is 4. The van der Waals surface area contributed by atoms with Gasteiger partial charge in [-0.2, -0.15) is 5.10 Å². The fourth-order valence-corrected chi connectivity index (χ4v) is 3.07. The minimum absolute atomic E-state index is 0.0169. The number of aromatic nitrogens is 2. The van der Waals surface area contributed by atoms with Crippen molar-refractivity contribution < 1.29 is 14.5 Å². The molecule has 1 saturated carbocycles. The number of hydrogen-bond donors (Lipinski definition) is 0. The zero-order valence-corrected chi connectivity index (χ0v) is 13.7. The number of carbonyl (C=O) groups is 1. The minimum Gasteiger partial charge on any atom is -0.457 e. The van der Waals surface area contributed by atoms with Crippen LogP contribution in [0, 0.1) is 10.1 Å². The third kappa shape index (κ3) is 3.42. The van der Waals surface area contributed by atoms with E-state index in [2.05, 4.69) is 21.0 Å². The summed E-state index contributed by atoms with van der Waals surface area (Å²) in [5.41, 5.74) is 0.254. The number of carbonyl (C=O) groups excluding carboxylic acids is 1. The van der Waals surface area contributed by atoms with Crippen LogP contribution in [-0.4, -0.2) is 26.8 Å². The van der Waals surface area contributed by atoms with Crippen LogP contribution in [-0.2, 0) is 4.74 Å². The van der Waals surface area contributed by atoms with E-state index in [0.717, 1.165) is 23.7 Å². The number of nitro groups is 1. The zero-order chi connectivity index (χ0) is 16.4. The third-order valence-electron chi connectivity index (χ3n) is 3.90. The fraction of sp³-hybridized carbons (Fsp3) is 0.333. The maximum Gasteiger partial charge on any atom is 0.338 e. The Bertz CT molecular complexity index is 729. The van der Waals surface area contributed by atoms with Crippen molar-refractivity contribution in [3.63, 3.8) is 0 Å². The van der Waals surface area contributed by atoms with Crippen LogP contribution in [0.3, 0.4) is 0 Å². The van der Waals surface area contributed by atoms with Gasteiger partial charge in [0.2, 0.25) is 0 Å². The number of nitro benzene ring substituents is 1. The summed E-state index contributed by atoms with van der Waals surface area (Å²) in [6.45, 7) is 0. The molecular formula is C15H14BrN3O4. The minimum atomic E-state index is -0.502. The van der Waals surface area contributed by atoms with Gasteiger partial charge < -0.3 is 4.74 Å². The summed E-state index contributed by atoms with van der Waals surface area (Å²) in [6, 6.07) is 5.44. The van der Waals surface area contributed by atoms with E-state index in [1.165, 1.54) is 24.3 Å². The van der Waals surface area contributed by atoms with Crippen molar-refractivity contribution in [3.8, 4) is 0 Å². The number of halogens is 1. The van der Waals surface area contributed by atoms with E-state index in [0.29, 0.717) is 5.56 Å². The summed E-state index contributed by atoms with van der Waals surface area (Å²) in [6.07, 6.45) is 5.95. The second-order valence-corrected chi connectivity index (χ2v) is 6.30. The lowest BCUT2D eigenvalue weighted by Crippen LogP contribution is -2.25. The number of ether oxygens (including phenoxy) is 1. The van der Waals surface area contributed by atoms with Crippen LogP contribution in [0.15, 0.2) is 41.1 Å². The second kappa shape index (κ2) is 6.49. The highest BCUT2D eigenvalue weighted by Gasteiger charge is 2.32. The van der Waals surface area contributed by atoms with Crippen molar-refractivity contribution in [1.29, 1.82) is 0 Å². The molecule has 1 aliphatic rings. The van der Waals surface area contributed by atoms with Gasteiger partial charge in [0.05, 0.1) is 27.2 Å². The normalized spacial score (nSPS) is 20.4. The summed E-state index contributed by atoms with van der Waals surface area (Å²) < 4.78 is 8.28. The van der Waals surface area contributed by atoms with Crippen molar-refractivity contribution in [2.45, 2.75) is 31.4 Å². The lowest BCUT2D eigenvalue weighted by Gasteiger charge is -2.20. The van der Waals surface area contributed by atoms with Gasteiger partial charge in [-0.3, -0.25) is 14.8 Å². The van der Waals surface area contributed by atoms with Crippen molar-refractivity contribution in [3.05, 3.63) is 56.8 Å². The fourth-order valence-electron chi connectivity index (χ4n) is 2.77. The van der Waals surface area contributed by atoms with Crippen LogP contribution in [0.25, 0.3) is 0 Å². The first kappa shape index (κ1) is 15.7. The summed E-state index contributed by atoms with van der Waals surface area (Å²) in [7, 11) is 0. The molecule has 0 aliphatic heterocycles.